The van der Waals surface area contributed by atoms with Crippen molar-refractivity contribution in [1.82, 2.24) is 10.2 Å². The summed E-state index contributed by atoms with van der Waals surface area (Å²) in [5, 5.41) is 2.88. The lowest BCUT2D eigenvalue weighted by atomic mass is 10.1. The summed E-state index contributed by atoms with van der Waals surface area (Å²) in [7, 11) is 0. The molecule has 0 bridgehead atoms. The van der Waals surface area contributed by atoms with Crippen molar-refractivity contribution in [3.05, 3.63) is 35.9 Å². The Hall–Kier alpha value is -1.84. The molecule has 0 heterocycles. The molecule has 4 nitrogen and oxygen atoms in total. The Morgan fingerprint density at radius 2 is 1.86 bits per heavy atom. The van der Waals surface area contributed by atoms with Crippen molar-refractivity contribution in [1.29, 1.82) is 0 Å². The number of hydrogen-bond donors (Lipinski definition) is 1. The molecule has 0 aromatic heterocycles. The second-order valence-electron chi connectivity index (χ2n) is 5.29. The first kappa shape index (κ1) is 17.2. The monoisotopic (exact) mass is 290 g/mol. The summed E-state index contributed by atoms with van der Waals surface area (Å²) in [5.74, 6) is -0.181. The molecule has 0 aliphatic heterocycles. The van der Waals surface area contributed by atoms with Crippen LogP contribution in [0.5, 0.6) is 0 Å². The van der Waals surface area contributed by atoms with E-state index in [1.54, 1.807) is 4.90 Å². The minimum absolute atomic E-state index is 0.0879. The summed E-state index contributed by atoms with van der Waals surface area (Å²) < 4.78 is 0. The van der Waals surface area contributed by atoms with Crippen molar-refractivity contribution in [2.45, 2.75) is 46.1 Å². The van der Waals surface area contributed by atoms with Gasteiger partial charge in [0.15, 0.2) is 0 Å². The molecule has 0 fully saturated rings. The Bertz CT molecular complexity index is 445. The maximum Gasteiger partial charge on any atom is 0.239 e. The molecular formula is C17H26N2O2. The summed E-state index contributed by atoms with van der Waals surface area (Å²) in [4.78, 5) is 25.4. The number of amides is 2. The van der Waals surface area contributed by atoms with Gasteiger partial charge in [0, 0.05) is 13.5 Å². The fourth-order valence-electron chi connectivity index (χ4n) is 2.25. The molecule has 0 radical (unpaired) electrons. The van der Waals surface area contributed by atoms with Gasteiger partial charge in [0.25, 0.3) is 0 Å². The largest absolute Gasteiger partial charge is 0.355 e. The van der Waals surface area contributed by atoms with Crippen molar-refractivity contribution in [3.63, 3.8) is 0 Å². The van der Waals surface area contributed by atoms with Gasteiger partial charge in [-0.2, -0.15) is 0 Å². The quantitative estimate of drug-likeness (QED) is 0.748. The lowest BCUT2D eigenvalue weighted by molar-refractivity contribution is -0.136. The second-order valence-corrected chi connectivity index (χ2v) is 5.29. The van der Waals surface area contributed by atoms with Crippen LogP contribution < -0.4 is 5.32 Å². The Labute approximate surface area is 127 Å². The van der Waals surface area contributed by atoms with Crippen molar-refractivity contribution in [2.24, 2.45) is 0 Å². The lowest BCUT2D eigenvalue weighted by Gasteiger charge is -2.28. The molecule has 21 heavy (non-hydrogen) atoms. The average Bonchev–Trinajstić information content (AvgIpc) is 2.49. The predicted molar refractivity (Wildman–Crippen MR) is 84.8 cm³/mol. The molecule has 0 aliphatic rings. The van der Waals surface area contributed by atoms with Crippen LogP contribution in [0.15, 0.2) is 30.3 Å². The van der Waals surface area contributed by atoms with Crippen molar-refractivity contribution >= 4 is 11.8 Å². The summed E-state index contributed by atoms with van der Waals surface area (Å²) >= 11 is 0. The summed E-state index contributed by atoms with van der Waals surface area (Å²) in [6.07, 6.45) is 3.22. The van der Waals surface area contributed by atoms with Gasteiger partial charge in [-0.25, -0.2) is 0 Å². The molecule has 0 spiro atoms. The zero-order valence-electron chi connectivity index (χ0n) is 13.3. The van der Waals surface area contributed by atoms with Crippen LogP contribution in [0.25, 0.3) is 0 Å². The summed E-state index contributed by atoms with van der Waals surface area (Å²) in [6.45, 7) is 6.36. The van der Waals surface area contributed by atoms with Gasteiger partial charge in [-0.1, -0.05) is 50.1 Å². The van der Waals surface area contributed by atoms with Gasteiger partial charge >= 0.3 is 0 Å². The van der Waals surface area contributed by atoms with E-state index in [0.717, 1.165) is 24.8 Å². The zero-order valence-corrected chi connectivity index (χ0v) is 13.3. The number of carbonyl (C=O) groups excluding carboxylic acids is 2. The summed E-state index contributed by atoms with van der Waals surface area (Å²) in [6, 6.07) is 9.66. The van der Waals surface area contributed by atoms with Gasteiger partial charge in [0.05, 0.1) is 6.04 Å². The van der Waals surface area contributed by atoms with Crippen LogP contribution >= 0.6 is 0 Å². The van der Waals surface area contributed by atoms with E-state index in [2.05, 4.69) is 12.2 Å². The van der Waals surface area contributed by atoms with E-state index in [4.69, 9.17) is 0 Å². The van der Waals surface area contributed by atoms with Gasteiger partial charge in [-0.3, -0.25) is 9.59 Å². The van der Waals surface area contributed by atoms with Crippen LogP contribution in [0.2, 0.25) is 0 Å². The van der Waals surface area contributed by atoms with Gasteiger partial charge < -0.3 is 10.2 Å². The highest BCUT2D eigenvalue weighted by Gasteiger charge is 2.20. The normalized spacial score (nSPS) is 11.8. The molecule has 1 atom stereocenters. The lowest BCUT2D eigenvalue weighted by Crippen LogP contribution is -2.41. The molecule has 0 saturated heterocycles. The van der Waals surface area contributed by atoms with E-state index in [-0.39, 0.29) is 24.4 Å². The van der Waals surface area contributed by atoms with E-state index in [1.165, 1.54) is 6.92 Å². The molecule has 116 valence electrons. The van der Waals surface area contributed by atoms with E-state index in [1.807, 2.05) is 37.3 Å². The first-order valence-corrected chi connectivity index (χ1v) is 7.65. The molecular weight excluding hydrogens is 264 g/mol. The minimum Gasteiger partial charge on any atom is -0.355 e. The number of unbranched alkanes of at least 4 members (excludes halogenated alkanes) is 2. The SMILES string of the molecule is CCCCCNC(=O)CN(C(C)=O)C(C)c1ccccc1. The maximum absolute atomic E-state index is 12.0. The highest BCUT2D eigenvalue weighted by Crippen LogP contribution is 2.19. The Kier molecular flexibility index (Phi) is 7.51. The van der Waals surface area contributed by atoms with Crippen LogP contribution in [-0.4, -0.2) is 29.8 Å². The van der Waals surface area contributed by atoms with E-state index >= 15 is 0 Å². The zero-order chi connectivity index (χ0) is 15.7. The third-order valence-electron chi connectivity index (χ3n) is 3.57. The third kappa shape index (κ3) is 5.98. The molecule has 1 unspecified atom stereocenters. The fourth-order valence-corrected chi connectivity index (χ4v) is 2.25. The van der Waals surface area contributed by atoms with E-state index < -0.39 is 0 Å². The van der Waals surface area contributed by atoms with Crippen molar-refractivity contribution < 1.29 is 9.59 Å². The van der Waals surface area contributed by atoms with Gasteiger partial charge in [-0.15, -0.1) is 0 Å². The third-order valence-corrected chi connectivity index (χ3v) is 3.57. The van der Waals surface area contributed by atoms with Crippen molar-refractivity contribution in [2.75, 3.05) is 13.1 Å². The molecule has 1 aromatic rings. The van der Waals surface area contributed by atoms with E-state index in [9.17, 15) is 9.59 Å². The number of rotatable bonds is 8. The average molecular weight is 290 g/mol. The van der Waals surface area contributed by atoms with E-state index in [0.29, 0.717) is 6.54 Å². The van der Waals surface area contributed by atoms with Crippen LogP contribution in [-0.2, 0) is 9.59 Å². The molecule has 2 amide bonds. The molecule has 0 aliphatic carbocycles. The number of carbonyl (C=O) groups is 2. The topological polar surface area (TPSA) is 49.4 Å². The Balaban J connectivity index is 2.57. The smallest absolute Gasteiger partial charge is 0.239 e. The van der Waals surface area contributed by atoms with Crippen LogP contribution in [0.1, 0.15) is 51.6 Å². The fraction of sp³-hybridized carbons (Fsp3) is 0.529. The summed E-state index contributed by atoms with van der Waals surface area (Å²) in [5.41, 5.74) is 1.03. The molecule has 1 N–H and O–H groups in total. The number of nitrogens with one attached hydrogen (secondary N) is 1. The Morgan fingerprint density at radius 1 is 1.19 bits per heavy atom. The molecule has 1 aromatic carbocycles. The minimum atomic E-state index is -0.106. The number of benzene rings is 1. The van der Waals surface area contributed by atoms with Crippen LogP contribution in [0, 0.1) is 0 Å². The molecule has 4 heteroatoms. The predicted octanol–water partition coefficient (Wildman–Crippen LogP) is 2.90. The highest BCUT2D eigenvalue weighted by molar-refractivity contribution is 5.84. The first-order valence-electron chi connectivity index (χ1n) is 7.65. The number of nitrogens with zero attached hydrogens (tertiary/aromatic N) is 1. The highest BCUT2D eigenvalue weighted by atomic mass is 16.2. The van der Waals surface area contributed by atoms with Gasteiger partial charge in [-0.05, 0) is 18.9 Å². The van der Waals surface area contributed by atoms with Gasteiger partial charge in [0.2, 0.25) is 11.8 Å². The van der Waals surface area contributed by atoms with Gasteiger partial charge in [0.1, 0.15) is 6.54 Å². The Morgan fingerprint density at radius 3 is 2.43 bits per heavy atom. The molecule has 0 saturated carbocycles. The molecule has 1 rings (SSSR count). The second kappa shape index (κ2) is 9.16. The van der Waals surface area contributed by atoms with Crippen LogP contribution in [0.3, 0.4) is 0 Å². The van der Waals surface area contributed by atoms with Crippen LogP contribution in [0.4, 0.5) is 0 Å². The number of hydrogen-bond acceptors (Lipinski definition) is 2. The van der Waals surface area contributed by atoms with Crippen molar-refractivity contribution in [3.8, 4) is 0 Å². The standard InChI is InChI=1S/C17H26N2O2/c1-4-5-9-12-18-17(21)13-19(15(3)20)14(2)16-10-7-6-8-11-16/h6-8,10-11,14H,4-5,9,12-13H2,1-3H3,(H,18,21). The first-order chi connectivity index (χ1) is 10.1. The maximum atomic E-state index is 12.0.